The summed E-state index contributed by atoms with van der Waals surface area (Å²) < 4.78 is 7.40. The van der Waals surface area contributed by atoms with Gasteiger partial charge in [0.2, 0.25) is 5.88 Å². The van der Waals surface area contributed by atoms with E-state index in [-0.39, 0.29) is 18.6 Å². The minimum atomic E-state index is -0.198. The maximum atomic E-state index is 12.4. The summed E-state index contributed by atoms with van der Waals surface area (Å²) in [5.74, 6) is 0.196. The van der Waals surface area contributed by atoms with Crippen LogP contribution in [0.15, 0.2) is 41.2 Å². The number of nitrogens with zero attached hydrogens (tertiary/aromatic N) is 4. The molecule has 0 fully saturated rings. The van der Waals surface area contributed by atoms with E-state index in [2.05, 4.69) is 20.4 Å². The zero-order valence-corrected chi connectivity index (χ0v) is 18.2. The molecule has 0 bridgehead atoms. The van der Waals surface area contributed by atoms with Gasteiger partial charge in [0, 0.05) is 18.5 Å². The molecule has 8 heteroatoms. The van der Waals surface area contributed by atoms with Crippen LogP contribution in [0.25, 0.3) is 22.4 Å². The Balaban J connectivity index is 1.47. The summed E-state index contributed by atoms with van der Waals surface area (Å²) in [4.78, 5) is 21.3. The van der Waals surface area contributed by atoms with Gasteiger partial charge in [-0.1, -0.05) is 29.8 Å². The molecule has 1 aromatic carbocycles. The highest BCUT2D eigenvalue weighted by molar-refractivity contribution is 7.07. The van der Waals surface area contributed by atoms with E-state index < -0.39 is 0 Å². The Bertz CT molecular complexity index is 1180. The van der Waals surface area contributed by atoms with Crippen molar-refractivity contribution in [3.05, 3.63) is 57.9 Å². The molecule has 154 valence electrons. The minimum Gasteiger partial charge on any atom is -0.468 e. The van der Waals surface area contributed by atoms with E-state index in [0.29, 0.717) is 11.5 Å². The fraction of sp³-hybridized carbons (Fsp3) is 0.273. The number of carbonyl (C=O) groups excluding carboxylic acids is 1. The van der Waals surface area contributed by atoms with Crippen LogP contribution >= 0.6 is 11.3 Å². The van der Waals surface area contributed by atoms with E-state index in [0.717, 1.165) is 27.9 Å². The zero-order valence-electron chi connectivity index (χ0n) is 17.3. The molecule has 0 radical (unpaired) electrons. The fourth-order valence-electron chi connectivity index (χ4n) is 3.34. The maximum Gasteiger partial charge on any atom is 0.258 e. The van der Waals surface area contributed by atoms with Gasteiger partial charge in [0.25, 0.3) is 5.91 Å². The molecule has 0 aliphatic rings. The lowest BCUT2D eigenvalue weighted by Crippen LogP contribution is -2.31. The number of rotatable bonds is 6. The van der Waals surface area contributed by atoms with Crippen LogP contribution in [0.3, 0.4) is 0 Å². The first-order chi connectivity index (χ1) is 14.4. The lowest BCUT2D eigenvalue weighted by atomic mass is 10.1. The molecule has 3 heterocycles. The number of benzene rings is 1. The van der Waals surface area contributed by atoms with E-state index >= 15 is 0 Å². The summed E-state index contributed by atoms with van der Waals surface area (Å²) >= 11 is 1.53. The highest BCUT2D eigenvalue weighted by atomic mass is 32.1. The number of pyridine rings is 1. The SMILES string of the molecule is Cc1ccc([C@H](C)NC(=O)COc2cc(C)c3c(-c4cscn4)nn(C)c3n2)cc1. The van der Waals surface area contributed by atoms with E-state index in [1.807, 2.05) is 63.5 Å². The van der Waals surface area contributed by atoms with Crippen LogP contribution in [0.2, 0.25) is 0 Å². The number of hydrogen-bond donors (Lipinski definition) is 1. The quantitative estimate of drug-likeness (QED) is 0.509. The van der Waals surface area contributed by atoms with Gasteiger partial charge in [0.15, 0.2) is 12.3 Å². The van der Waals surface area contributed by atoms with Crippen LogP contribution < -0.4 is 10.1 Å². The van der Waals surface area contributed by atoms with Crippen molar-refractivity contribution in [1.82, 2.24) is 25.1 Å². The highest BCUT2D eigenvalue weighted by Crippen LogP contribution is 2.30. The molecule has 0 spiro atoms. The molecule has 3 aromatic heterocycles. The first-order valence-corrected chi connectivity index (χ1v) is 10.6. The number of aryl methyl sites for hydroxylation is 3. The Morgan fingerprint density at radius 2 is 2.03 bits per heavy atom. The molecule has 0 unspecified atom stereocenters. The summed E-state index contributed by atoms with van der Waals surface area (Å²) in [5.41, 5.74) is 7.32. The van der Waals surface area contributed by atoms with E-state index in [9.17, 15) is 4.79 Å². The number of hydrogen-bond acceptors (Lipinski definition) is 6. The molecule has 1 atom stereocenters. The normalized spacial score (nSPS) is 12.1. The number of thiazole rings is 1. The fourth-order valence-corrected chi connectivity index (χ4v) is 3.88. The van der Waals surface area contributed by atoms with Crippen molar-refractivity contribution in [1.29, 1.82) is 0 Å². The van der Waals surface area contributed by atoms with Crippen molar-refractivity contribution in [3.8, 4) is 17.3 Å². The smallest absolute Gasteiger partial charge is 0.258 e. The van der Waals surface area contributed by atoms with Gasteiger partial charge in [-0.25, -0.2) is 9.67 Å². The lowest BCUT2D eigenvalue weighted by molar-refractivity contribution is -0.123. The second-order valence-corrected chi connectivity index (χ2v) is 8.03. The van der Waals surface area contributed by atoms with Crippen LogP contribution in [0, 0.1) is 13.8 Å². The molecular formula is C22H23N5O2S. The number of ether oxygens (including phenoxy) is 1. The van der Waals surface area contributed by atoms with Gasteiger partial charge in [-0.2, -0.15) is 10.1 Å². The predicted octanol–water partition coefficient (Wildman–Crippen LogP) is 3.96. The van der Waals surface area contributed by atoms with Crippen molar-refractivity contribution in [2.45, 2.75) is 26.8 Å². The minimum absolute atomic E-state index is 0.100. The van der Waals surface area contributed by atoms with Gasteiger partial charge >= 0.3 is 0 Å². The van der Waals surface area contributed by atoms with Crippen LogP contribution in [0.1, 0.15) is 29.7 Å². The Hall–Kier alpha value is -3.26. The van der Waals surface area contributed by atoms with Gasteiger partial charge in [0.1, 0.15) is 11.4 Å². The summed E-state index contributed by atoms with van der Waals surface area (Å²) in [6, 6.07) is 9.83. The molecule has 1 N–H and O–H groups in total. The molecule has 30 heavy (non-hydrogen) atoms. The van der Waals surface area contributed by atoms with Gasteiger partial charge in [-0.05, 0) is 31.9 Å². The van der Waals surface area contributed by atoms with Crippen molar-refractivity contribution in [3.63, 3.8) is 0 Å². The average molecular weight is 422 g/mol. The second kappa shape index (κ2) is 8.23. The number of carbonyl (C=O) groups is 1. The topological polar surface area (TPSA) is 81.9 Å². The van der Waals surface area contributed by atoms with Crippen LogP contribution in [0.5, 0.6) is 5.88 Å². The van der Waals surface area contributed by atoms with Crippen LogP contribution in [-0.4, -0.2) is 32.3 Å². The van der Waals surface area contributed by atoms with Crippen molar-refractivity contribution < 1.29 is 9.53 Å². The molecule has 1 amide bonds. The molecule has 4 aromatic rings. The van der Waals surface area contributed by atoms with E-state index in [1.165, 1.54) is 16.9 Å². The third-order valence-corrected chi connectivity index (χ3v) is 5.53. The third kappa shape index (κ3) is 4.04. The summed E-state index contributed by atoms with van der Waals surface area (Å²) in [7, 11) is 1.84. The Kier molecular flexibility index (Phi) is 5.50. The highest BCUT2D eigenvalue weighted by Gasteiger charge is 2.18. The Morgan fingerprint density at radius 1 is 1.27 bits per heavy atom. The van der Waals surface area contributed by atoms with Crippen molar-refractivity contribution in [2.75, 3.05) is 6.61 Å². The number of aromatic nitrogens is 4. The maximum absolute atomic E-state index is 12.4. The standard InChI is InChI=1S/C22H23N5O2S/c1-13-5-7-16(8-6-13)15(3)24-18(28)10-29-19-9-14(2)20-21(17-11-30-12-23-17)26-27(4)22(20)25-19/h5-9,11-12,15H,10H2,1-4H3,(H,24,28)/t15-/m0/s1. The number of amides is 1. The first kappa shape index (κ1) is 20.0. The van der Waals surface area contributed by atoms with Crippen molar-refractivity contribution in [2.24, 2.45) is 7.05 Å². The average Bonchev–Trinajstić information content (AvgIpc) is 3.35. The monoisotopic (exact) mass is 421 g/mol. The van der Waals surface area contributed by atoms with Gasteiger partial charge in [0.05, 0.1) is 16.9 Å². The number of nitrogens with one attached hydrogen (secondary N) is 1. The second-order valence-electron chi connectivity index (χ2n) is 7.31. The molecule has 0 saturated heterocycles. The van der Waals surface area contributed by atoms with Crippen LogP contribution in [0.4, 0.5) is 0 Å². The molecule has 0 aliphatic heterocycles. The zero-order chi connectivity index (χ0) is 21.3. The predicted molar refractivity (Wildman–Crippen MR) is 118 cm³/mol. The van der Waals surface area contributed by atoms with Crippen molar-refractivity contribution >= 4 is 28.3 Å². The van der Waals surface area contributed by atoms with Crippen LogP contribution in [-0.2, 0) is 11.8 Å². The molecular weight excluding hydrogens is 398 g/mol. The summed E-state index contributed by atoms with van der Waals surface area (Å²) in [5, 5.41) is 10.4. The Labute approximate surface area is 178 Å². The van der Waals surface area contributed by atoms with Gasteiger partial charge in [-0.15, -0.1) is 11.3 Å². The largest absolute Gasteiger partial charge is 0.468 e. The lowest BCUT2D eigenvalue weighted by Gasteiger charge is -2.15. The van der Waals surface area contributed by atoms with E-state index in [4.69, 9.17) is 4.74 Å². The van der Waals surface area contributed by atoms with Gasteiger partial charge < -0.3 is 10.1 Å². The molecule has 0 aliphatic carbocycles. The van der Waals surface area contributed by atoms with E-state index in [1.54, 1.807) is 10.2 Å². The van der Waals surface area contributed by atoms with Gasteiger partial charge in [-0.3, -0.25) is 4.79 Å². The summed E-state index contributed by atoms with van der Waals surface area (Å²) in [6.07, 6.45) is 0. The molecule has 0 saturated carbocycles. The first-order valence-electron chi connectivity index (χ1n) is 9.64. The molecule has 4 rings (SSSR count). The summed E-state index contributed by atoms with van der Waals surface area (Å²) in [6.45, 7) is 5.86. The third-order valence-electron chi connectivity index (χ3n) is 4.95. The Morgan fingerprint density at radius 3 is 2.73 bits per heavy atom. The number of fused-ring (bicyclic) bond motifs is 1. The molecule has 7 nitrogen and oxygen atoms in total.